The van der Waals surface area contributed by atoms with Gasteiger partial charge < -0.3 is 10.6 Å². The first-order chi connectivity index (χ1) is 11.8. The Morgan fingerprint density at radius 2 is 2.16 bits per heavy atom. The fraction of sp³-hybridized carbons (Fsp3) is 0.471. The number of nitrogens with one attached hydrogen (secondary N) is 3. The van der Waals surface area contributed by atoms with Gasteiger partial charge in [-0.3, -0.25) is 4.79 Å². The number of hydrogen-bond acceptors (Lipinski definition) is 4. The summed E-state index contributed by atoms with van der Waals surface area (Å²) >= 11 is 5.98. The van der Waals surface area contributed by atoms with Crippen LogP contribution in [0.15, 0.2) is 30.0 Å². The second kappa shape index (κ2) is 8.69. The molecule has 6 nitrogen and oxygen atoms in total. The molecule has 25 heavy (non-hydrogen) atoms. The predicted molar refractivity (Wildman–Crippen MR) is 101 cm³/mol. The molecule has 1 aliphatic rings. The Bertz CT molecular complexity index is 762. The molecule has 3 N–H and O–H groups in total. The third kappa shape index (κ3) is 6.34. The van der Waals surface area contributed by atoms with Crippen molar-refractivity contribution in [3.8, 4) is 0 Å². The largest absolute Gasteiger partial charge is 0.351 e. The number of hydrogen-bond donors (Lipinski definition) is 3. The second-order valence-corrected chi connectivity index (χ2v) is 8.46. The molecule has 0 bridgehead atoms. The summed E-state index contributed by atoms with van der Waals surface area (Å²) in [6, 6.07) is 5.54. The van der Waals surface area contributed by atoms with Gasteiger partial charge in [0.2, 0.25) is 10.0 Å². The number of rotatable bonds is 8. The van der Waals surface area contributed by atoms with Crippen LogP contribution in [0.2, 0.25) is 5.02 Å². The third-order valence-corrected chi connectivity index (χ3v) is 5.12. The molecule has 0 radical (unpaired) electrons. The number of carbonyl (C=O) groups is 1. The zero-order valence-electron chi connectivity index (χ0n) is 14.4. The summed E-state index contributed by atoms with van der Waals surface area (Å²) in [7, 11) is -3.17. The first-order valence-electron chi connectivity index (χ1n) is 8.27. The summed E-state index contributed by atoms with van der Waals surface area (Å²) in [5.41, 5.74) is 2.47. The molecule has 0 aromatic heterocycles. The van der Waals surface area contributed by atoms with Gasteiger partial charge in [0.15, 0.2) is 0 Å². The van der Waals surface area contributed by atoms with Gasteiger partial charge in [0.1, 0.15) is 5.70 Å². The van der Waals surface area contributed by atoms with Gasteiger partial charge in [-0.1, -0.05) is 31.0 Å². The van der Waals surface area contributed by atoms with Crippen LogP contribution in [-0.4, -0.2) is 33.7 Å². The van der Waals surface area contributed by atoms with Gasteiger partial charge in [0.05, 0.1) is 6.26 Å². The molecule has 1 amide bonds. The molecule has 1 aliphatic heterocycles. The van der Waals surface area contributed by atoms with E-state index in [-0.39, 0.29) is 11.8 Å². The van der Waals surface area contributed by atoms with E-state index in [0.29, 0.717) is 36.7 Å². The van der Waals surface area contributed by atoms with E-state index >= 15 is 0 Å². The molecular weight excluding hydrogens is 362 g/mol. The van der Waals surface area contributed by atoms with Crippen molar-refractivity contribution >= 4 is 33.2 Å². The van der Waals surface area contributed by atoms with Gasteiger partial charge in [-0.25, -0.2) is 13.1 Å². The monoisotopic (exact) mass is 385 g/mol. The normalized spacial score (nSPS) is 14.9. The molecule has 0 aliphatic carbocycles. The van der Waals surface area contributed by atoms with E-state index in [9.17, 15) is 13.2 Å². The van der Waals surface area contributed by atoms with E-state index in [1.54, 1.807) is 6.07 Å². The first kappa shape index (κ1) is 19.8. The second-order valence-electron chi connectivity index (χ2n) is 6.19. The number of allylic oxidation sites excluding steroid dienone is 1. The number of sulfonamides is 1. The number of benzene rings is 1. The SMILES string of the molecule is CCC(CCNS(C)(=O)=O)CNC(=O)C1=CCc2cc(Cl)ccc2N1. The lowest BCUT2D eigenvalue weighted by Gasteiger charge is -2.21. The van der Waals surface area contributed by atoms with Crippen molar-refractivity contribution in [2.24, 2.45) is 5.92 Å². The van der Waals surface area contributed by atoms with Gasteiger partial charge in [0, 0.05) is 23.8 Å². The van der Waals surface area contributed by atoms with E-state index in [0.717, 1.165) is 23.9 Å². The van der Waals surface area contributed by atoms with Crippen molar-refractivity contribution in [3.05, 3.63) is 40.6 Å². The van der Waals surface area contributed by atoms with Crippen LogP contribution in [0.25, 0.3) is 0 Å². The lowest BCUT2D eigenvalue weighted by Crippen LogP contribution is -2.34. The number of anilines is 1. The zero-order valence-corrected chi connectivity index (χ0v) is 16.0. The minimum atomic E-state index is -3.17. The van der Waals surface area contributed by atoms with Crippen LogP contribution >= 0.6 is 11.6 Å². The van der Waals surface area contributed by atoms with E-state index in [2.05, 4.69) is 15.4 Å². The van der Waals surface area contributed by atoms with Crippen molar-refractivity contribution in [1.29, 1.82) is 0 Å². The van der Waals surface area contributed by atoms with Crippen LogP contribution in [0.4, 0.5) is 5.69 Å². The molecule has 1 atom stereocenters. The van der Waals surface area contributed by atoms with Gasteiger partial charge >= 0.3 is 0 Å². The highest BCUT2D eigenvalue weighted by molar-refractivity contribution is 7.88. The van der Waals surface area contributed by atoms with E-state index in [4.69, 9.17) is 11.6 Å². The number of amides is 1. The molecule has 0 saturated carbocycles. The summed E-state index contributed by atoms with van der Waals surface area (Å²) in [6.07, 6.45) is 5.18. The average Bonchev–Trinajstić information content (AvgIpc) is 2.56. The molecule has 1 aromatic rings. The summed E-state index contributed by atoms with van der Waals surface area (Å²) in [4.78, 5) is 12.3. The van der Waals surface area contributed by atoms with Gasteiger partial charge in [0.25, 0.3) is 5.91 Å². The smallest absolute Gasteiger partial charge is 0.267 e. The Labute approximate surface area is 154 Å². The molecule has 0 spiro atoms. The Hall–Kier alpha value is -1.57. The number of carbonyl (C=O) groups excluding carboxylic acids is 1. The Morgan fingerprint density at radius 1 is 1.40 bits per heavy atom. The van der Waals surface area contributed by atoms with E-state index in [1.165, 1.54) is 0 Å². The van der Waals surface area contributed by atoms with Crippen molar-refractivity contribution in [1.82, 2.24) is 10.0 Å². The maximum Gasteiger partial charge on any atom is 0.267 e. The molecule has 138 valence electrons. The highest BCUT2D eigenvalue weighted by atomic mass is 35.5. The fourth-order valence-electron chi connectivity index (χ4n) is 2.64. The molecule has 1 aromatic carbocycles. The minimum absolute atomic E-state index is 0.157. The minimum Gasteiger partial charge on any atom is -0.351 e. The molecular formula is C17H24ClN3O3S. The maximum absolute atomic E-state index is 12.3. The lowest BCUT2D eigenvalue weighted by atomic mass is 10.0. The fourth-order valence-corrected chi connectivity index (χ4v) is 3.33. The Balaban J connectivity index is 1.83. The zero-order chi connectivity index (χ0) is 18.4. The number of fused-ring (bicyclic) bond motifs is 1. The Kier molecular flexibility index (Phi) is 6.87. The number of halogens is 1. The van der Waals surface area contributed by atoms with E-state index < -0.39 is 10.0 Å². The molecule has 1 heterocycles. The standard InChI is InChI=1S/C17H24ClN3O3S/c1-3-12(8-9-20-25(2,23)24)11-19-17(22)16-6-4-13-10-14(18)5-7-15(13)21-16/h5-7,10,12,20-21H,3-4,8-9,11H2,1-2H3,(H,19,22). The van der Waals surface area contributed by atoms with Gasteiger partial charge in [-0.15, -0.1) is 0 Å². The van der Waals surface area contributed by atoms with Crippen molar-refractivity contribution < 1.29 is 13.2 Å². The highest BCUT2D eigenvalue weighted by Crippen LogP contribution is 2.26. The molecule has 0 fully saturated rings. The molecule has 8 heteroatoms. The van der Waals surface area contributed by atoms with Crippen LogP contribution in [0.1, 0.15) is 25.3 Å². The topological polar surface area (TPSA) is 87.3 Å². The highest BCUT2D eigenvalue weighted by Gasteiger charge is 2.17. The first-order valence-corrected chi connectivity index (χ1v) is 10.5. The third-order valence-electron chi connectivity index (χ3n) is 4.15. The Morgan fingerprint density at radius 3 is 2.84 bits per heavy atom. The summed E-state index contributed by atoms with van der Waals surface area (Å²) < 4.78 is 24.7. The summed E-state index contributed by atoms with van der Waals surface area (Å²) in [6.45, 7) is 2.91. The van der Waals surface area contributed by atoms with Crippen LogP contribution in [-0.2, 0) is 21.2 Å². The summed E-state index contributed by atoms with van der Waals surface area (Å²) in [5.74, 6) is 0.0589. The van der Waals surface area contributed by atoms with Crippen molar-refractivity contribution in [2.45, 2.75) is 26.2 Å². The quantitative estimate of drug-likeness (QED) is 0.640. The van der Waals surface area contributed by atoms with Crippen molar-refractivity contribution in [2.75, 3.05) is 24.7 Å². The molecule has 0 saturated heterocycles. The van der Waals surface area contributed by atoms with Crippen LogP contribution in [0, 0.1) is 5.92 Å². The predicted octanol–water partition coefficient (Wildman–Crippen LogP) is 2.27. The molecule has 1 unspecified atom stereocenters. The lowest BCUT2D eigenvalue weighted by molar-refractivity contribution is -0.117. The molecule has 2 rings (SSSR count). The van der Waals surface area contributed by atoms with E-state index in [1.807, 2.05) is 25.1 Å². The maximum atomic E-state index is 12.3. The average molecular weight is 386 g/mol. The van der Waals surface area contributed by atoms with Crippen LogP contribution < -0.4 is 15.4 Å². The van der Waals surface area contributed by atoms with Crippen LogP contribution in [0.5, 0.6) is 0 Å². The summed E-state index contributed by atoms with van der Waals surface area (Å²) in [5, 5.41) is 6.72. The van der Waals surface area contributed by atoms with Crippen molar-refractivity contribution in [3.63, 3.8) is 0 Å². The van der Waals surface area contributed by atoms with Gasteiger partial charge in [-0.05, 0) is 42.5 Å². The van der Waals surface area contributed by atoms with Crippen LogP contribution in [0.3, 0.4) is 0 Å². The van der Waals surface area contributed by atoms with Gasteiger partial charge in [-0.2, -0.15) is 0 Å².